The van der Waals surface area contributed by atoms with Crippen molar-refractivity contribution >= 4 is 23.2 Å². The lowest BCUT2D eigenvalue weighted by Crippen LogP contribution is -2.35. The van der Waals surface area contributed by atoms with Gasteiger partial charge in [0.1, 0.15) is 5.75 Å². The summed E-state index contributed by atoms with van der Waals surface area (Å²) >= 11 is 6.04. The summed E-state index contributed by atoms with van der Waals surface area (Å²) in [5.41, 5.74) is 0.450. The van der Waals surface area contributed by atoms with Crippen LogP contribution in [0.3, 0.4) is 0 Å². The van der Waals surface area contributed by atoms with Crippen molar-refractivity contribution in [3.8, 4) is 5.75 Å². The Balaban J connectivity index is 1.97. The quantitative estimate of drug-likeness (QED) is 0.877. The Kier molecular flexibility index (Phi) is 5.00. The number of hydrogen-bond donors (Lipinski definition) is 2. The van der Waals surface area contributed by atoms with Gasteiger partial charge in [-0.1, -0.05) is 18.5 Å². The van der Waals surface area contributed by atoms with Crippen LogP contribution in [-0.2, 0) is 4.79 Å². The van der Waals surface area contributed by atoms with E-state index in [-0.39, 0.29) is 0 Å². The molecule has 0 bridgehead atoms. The number of nitrogens with one attached hydrogen (secondary N) is 2. The normalized spacial score (nSPS) is 20.3. The van der Waals surface area contributed by atoms with Crippen molar-refractivity contribution in [3.63, 3.8) is 0 Å². The molecule has 2 rings (SSSR count). The van der Waals surface area contributed by atoms with Crippen LogP contribution in [0, 0.1) is 0 Å². The number of hydrogen-bond acceptors (Lipinski definition) is 3. The van der Waals surface area contributed by atoms with Gasteiger partial charge in [0.05, 0.1) is 24.2 Å². The van der Waals surface area contributed by atoms with Gasteiger partial charge in [-0.25, -0.2) is 8.78 Å². The van der Waals surface area contributed by atoms with E-state index < -0.39 is 30.8 Å². The van der Waals surface area contributed by atoms with Crippen LogP contribution in [0.5, 0.6) is 5.75 Å². The molecular formula is C14H17ClF2N2O2. The van der Waals surface area contributed by atoms with Crippen molar-refractivity contribution in [1.82, 2.24) is 5.32 Å². The molecule has 1 unspecified atom stereocenters. The Hall–Kier alpha value is -1.40. The molecule has 1 saturated heterocycles. The van der Waals surface area contributed by atoms with Crippen LogP contribution in [0.15, 0.2) is 18.2 Å². The predicted octanol–water partition coefficient (Wildman–Crippen LogP) is 3.06. The minimum absolute atomic E-state index is 0.367. The molecule has 4 nitrogen and oxygen atoms in total. The molecule has 1 aliphatic heterocycles. The summed E-state index contributed by atoms with van der Waals surface area (Å²) in [5.74, 6) is -2.80. The van der Waals surface area contributed by atoms with E-state index >= 15 is 0 Å². The number of carbonyl (C=O) groups is 1. The average molecular weight is 319 g/mol. The van der Waals surface area contributed by atoms with Gasteiger partial charge in [-0.05, 0) is 24.6 Å². The maximum absolute atomic E-state index is 13.0. The first-order valence-corrected chi connectivity index (χ1v) is 7.13. The van der Waals surface area contributed by atoms with Crippen LogP contribution in [0.25, 0.3) is 0 Å². The van der Waals surface area contributed by atoms with Crippen molar-refractivity contribution in [2.24, 2.45) is 0 Å². The highest BCUT2D eigenvalue weighted by Gasteiger charge is 2.42. The Morgan fingerprint density at radius 2 is 2.33 bits per heavy atom. The van der Waals surface area contributed by atoms with Crippen molar-refractivity contribution in [2.75, 3.05) is 18.5 Å². The molecule has 1 atom stereocenters. The van der Waals surface area contributed by atoms with Crippen LogP contribution in [0.1, 0.15) is 19.8 Å². The average Bonchev–Trinajstić information content (AvgIpc) is 2.78. The van der Waals surface area contributed by atoms with Crippen molar-refractivity contribution in [2.45, 2.75) is 31.7 Å². The molecule has 0 aromatic heterocycles. The van der Waals surface area contributed by atoms with Gasteiger partial charge in [0.15, 0.2) is 0 Å². The van der Waals surface area contributed by atoms with E-state index in [0.717, 1.165) is 6.42 Å². The van der Waals surface area contributed by atoms with E-state index in [4.69, 9.17) is 16.3 Å². The summed E-state index contributed by atoms with van der Waals surface area (Å²) in [6.07, 6.45) is 0.362. The first-order chi connectivity index (χ1) is 9.91. The second-order valence-corrected chi connectivity index (χ2v) is 5.38. The molecule has 0 spiro atoms. The fourth-order valence-electron chi connectivity index (χ4n) is 2.04. The van der Waals surface area contributed by atoms with Gasteiger partial charge >= 0.3 is 0 Å². The largest absolute Gasteiger partial charge is 0.492 e. The molecule has 0 aliphatic carbocycles. The van der Waals surface area contributed by atoms with Gasteiger partial charge in [0.25, 0.3) is 5.92 Å². The monoisotopic (exact) mass is 318 g/mol. The van der Waals surface area contributed by atoms with E-state index in [1.807, 2.05) is 6.92 Å². The van der Waals surface area contributed by atoms with Gasteiger partial charge in [-0.2, -0.15) is 0 Å². The molecule has 1 aliphatic rings. The van der Waals surface area contributed by atoms with Crippen LogP contribution < -0.4 is 15.4 Å². The zero-order valence-corrected chi connectivity index (χ0v) is 12.3. The number of halogens is 3. The van der Waals surface area contributed by atoms with Crippen LogP contribution in [0.2, 0.25) is 5.02 Å². The highest BCUT2D eigenvalue weighted by molar-refractivity contribution is 6.32. The molecule has 0 saturated carbocycles. The van der Waals surface area contributed by atoms with Gasteiger partial charge in [-0.15, -0.1) is 0 Å². The molecule has 2 N–H and O–H groups in total. The highest BCUT2D eigenvalue weighted by atomic mass is 35.5. The van der Waals surface area contributed by atoms with Gasteiger partial charge in [-0.3, -0.25) is 10.1 Å². The summed E-state index contributed by atoms with van der Waals surface area (Å²) < 4.78 is 31.5. The molecule has 0 radical (unpaired) electrons. The Labute approximate surface area is 126 Å². The molecule has 7 heteroatoms. The number of ether oxygens (including phenoxy) is 1. The summed E-state index contributed by atoms with van der Waals surface area (Å²) in [6, 6.07) is 3.92. The molecule has 21 heavy (non-hydrogen) atoms. The third-order valence-corrected chi connectivity index (χ3v) is 3.38. The number of amides is 1. The lowest BCUT2D eigenvalue weighted by Gasteiger charge is -2.13. The van der Waals surface area contributed by atoms with Crippen LogP contribution in [0.4, 0.5) is 14.5 Å². The van der Waals surface area contributed by atoms with E-state index in [1.165, 1.54) is 6.07 Å². The summed E-state index contributed by atoms with van der Waals surface area (Å²) in [6.45, 7) is 2.05. The highest BCUT2D eigenvalue weighted by Crippen LogP contribution is 2.29. The van der Waals surface area contributed by atoms with E-state index in [1.54, 1.807) is 12.1 Å². The lowest BCUT2D eigenvalue weighted by atomic mass is 10.2. The molecule has 116 valence electrons. The molecule has 1 aromatic carbocycles. The summed E-state index contributed by atoms with van der Waals surface area (Å²) in [5, 5.41) is 5.44. The first-order valence-electron chi connectivity index (χ1n) is 6.76. The van der Waals surface area contributed by atoms with Crippen LogP contribution >= 0.6 is 11.6 Å². The Bertz CT molecular complexity index is 526. The lowest BCUT2D eigenvalue weighted by molar-refractivity contribution is -0.118. The van der Waals surface area contributed by atoms with E-state index in [0.29, 0.717) is 23.1 Å². The number of anilines is 1. The van der Waals surface area contributed by atoms with E-state index in [2.05, 4.69) is 10.6 Å². The topological polar surface area (TPSA) is 50.4 Å². The van der Waals surface area contributed by atoms with Gasteiger partial charge in [0.2, 0.25) is 5.91 Å². The second kappa shape index (κ2) is 6.58. The molecule has 1 aromatic rings. The zero-order valence-electron chi connectivity index (χ0n) is 11.6. The SMILES string of the molecule is CCCOc1ccc(NC(=O)C2CC(F)(F)CN2)cc1Cl. The number of rotatable bonds is 5. The predicted molar refractivity (Wildman–Crippen MR) is 77.2 cm³/mol. The molecule has 1 heterocycles. The number of carbonyl (C=O) groups excluding carboxylic acids is 1. The van der Waals surface area contributed by atoms with Crippen molar-refractivity contribution in [1.29, 1.82) is 0 Å². The van der Waals surface area contributed by atoms with Gasteiger partial charge in [0, 0.05) is 12.1 Å². The maximum atomic E-state index is 13.0. The zero-order chi connectivity index (χ0) is 15.5. The van der Waals surface area contributed by atoms with Crippen molar-refractivity contribution in [3.05, 3.63) is 23.2 Å². The smallest absolute Gasteiger partial charge is 0.262 e. The van der Waals surface area contributed by atoms with Crippen LogP contribution in [-0.4, -0.2) is 31.0 Å². The van der Waals surface area contributed by atoms with Crippen molar-refractivity contribution < 1.29 is 18.3 Å². The minimum atomic E-state index is -2.84. The Morgan fingerprint density at radius 1 is 1.57 bits per heavy atom. The Morgan fingerprint density at radius 3 is 2.90 bits per heavy atom. The number of alkyl halides is 2. The molecule has 1 fully saturated rings. The summed E-state index contributed by atoms with van der Waals surface area (Å²) in [4.78, 5) is 11.9. The first kappa shape index (κ1) is 16.0. The number of benzene rings is 1. The summed E-state index contributed by atoms with van der Waals surface area (Å²) in [7, 11) is 0. The fourth-order valence-corrected chi connectivity index (χ4v) is 2.27. The molecular weight excluding hydrogens is 302 g/mol. The maximum Gasteiger partial charge on any atom is 0.262 e. The van der Waals surface area contributed by atoms with Gasteiger partial charge < -0.3 is 10.1 Å². The third kappa shape index (κ3) is 4.28. The second-order valence-electron chi connectivity index (χ2n) is 4.98. The van der Waals surface area contributed by atoms with E-state index in [9.17, 15) is 13.6 Å². The minimum Gasteiger partial charge on any atom is -0.492 e. The molecule has 1 amide bonds. The third-order valence-electron chi connectivity index (χ3n) is 3.09. The standard InChI is InChI=1S/C14H17ClF2N2O2/c1-2-5-21-12-4-3-9(6-10(12)15)19-13(20)11-7-14(16,17)8-18-11/h3-4,6,11,18H,2,5,7-8H2,1H3,(H,19,20). The fraction of sp³-hybridized carbons (Fsp3) is 0.500.